The van der Waals surface area contributed by atoms with Gasteiger partial charge < -0.3 is 10.2 Å². The maximum absolute atomic E-state index is 11.9. The van der Waals surface area contributed by atoms with Crippen molar-refractivity contribution < 1.29 is 4.79 Å². The van der Waals surface area contributed by atoms with Gasteiger partial charge in [-0.25, -0.2) is 0 Å². The molecule has 0 aliphatic carbocycles. The van der Waals surface area contributed by atoms with Crippen LogP contribution in [0.1, 0.15) is 35.4 Å². The lowest BCUT2D eigenvalue weighted by molar-refractivity contribution is -0.131. The van der Waals surface area contributed by atoms with E-state index in [2.05, 4.69) is 24.4 Å². The Bertz CT molecular complexity index is 383. The SMILES string of the molecule is Cc1ccc(CNCCC(=O)N2CCCCC2)s1. The van der Waals surface area contributed by atoms with Gasteiger partial charge in [0.1, 0.15) is 0 Å². The molecule has 2 heterocycles. The number of rotatable bonds is 5. The Labute approximate surface area is 113 Å². The van der Waals surface area contributed by atoms with Crippen LogP contribution in [0.4, 0.5) is 0 Å². The number of nitrogens with zero attached hydrogens (tertiary/aromatic N) is 1. The van der Waals surface area contributed by atoms with E-state index >= 15 is 0 Å². The molecular formula is C14H22N2OS. The van der Waals surface area contributed by atoms with Crippen molar-refractivity contribution in [2.75, 3.05) is 19.6 Å². The molecule has 0 atom stereocenters. The number of amides is 1. The van der Waals surface area contributed by atoms with Crippen molar-refractivity contribution in [3.63, 3.8) is 0 Å². The summed E-state index contributed by atoms with van der Waals surface area (Å²) in [6.07, 6.45) is 4.26. The zero-order chi connectivity index (χ0) is 12.8. The molecule has 1 aliphatic heterocycles. The molecule has 2 rings (SSSR count). The molecule has 1 amide bonds. The summed E-state index contributed by atoms with van der Waals surface area (Å²) < 4.78 is 0. The zero-order valence-electron chi connectivity index (χ0n) is 11.1. The van der Waals surface area contributed by atoms with Gasteiger partial charge in [0.05, 0.1) is 0 Å². The van der Waals surface area contributed by atoms with Gasteiger partial charge in [-0.3, -0.25) is 4.79 Å². The van der Waals surface area contributed by atoms with Gasteiger partial charge in [-0.05, 0) is 38.3 Å². The minimum atomic E-state index is 0.310. The Morgan fingerprint density at radius 2 is 2.11 bits per heavy atom. The lowest BCUT2D eigenvalue weighted by atomic mass is 10.1. The fraction of sp³-hybridized carbons (Fsp3) is 0.643. The van der Waals surface area contributed by atoms with Crippen LogP contribution in [0.5, 0.6) is 0 Å². The minimum Gasteiger partial charge on any atom is -0.343 e. The monoisotopic (exact) mass is 266 g/mol. The Morgan fingerprint density at radius 1 is 1.33 bits per heavy atom. The van der Waals surface area contributed by atoms with E-state index in [-0.39, 0.29) is 0 Å². The van der Waals surface area contributed by atoms with Crippen LogP contribution in [-0.4, -0.2) is 30.4 Å². The minimum absolute atomic E-state index is 0.310. The van der Waals surface area contributed by atoms with Crippen LogP contribution < -0.4 is 5.32 Å². The molecule has 1 aliphatic rings. The average molecular weight is 266 g/mol. The molecule has 0 aromatic carbocycles. The third kappa shape index (κ3) is 4.10. The standard InChI is InChI=1S/C14H22N2OS/c1-12-5-6-13(18-12)11-15-8-7-14(17)16-9-3-2-4-10-16/h5-6,15H,2-4,7-11H2,1H3. The van der Waals surface area contributed by atoms with Crippen molar-refractivity contribution in [3.8, 4) is 0 Å². The van der Waals surface area contributed by atoms with E-state index in [4.69, 9.17) is 0 Å². The van der Waals surface area contributed by atoms with E-state index in [0.717, 1.165) is 26.2 Å². The zero-order valence-corrected chi connectivity index (χ0v) is 11.9. The first kappa shape index (κ1) is 13.6. The number of piperidine rings is 1. The van der Waals surface area contributed by atoms with Crippen LogP contribution in [-0.2, 0) is 11.3 Å². The molecule has 4 heteroatoms. The first-order valence-electron chi connectivity index (χ1n) is 6.79. The third-order valence-corrected chi connectivity index (χ3v) is 4.32. The van der Waals surface area contributed by atoms with Gasteiger partial charge in [0.15, 0.2) is 0 Å². The number of hydrogen-bond donors (Lipinski definition) is 1. The van der Waals surface area contributed by atoms with Gasteiger partial charge in [-0.2, -0.15) is 0 Å². The van der Waals surface area contributed by atoms with Crippen LogP contribution in [0.15, 0.2) is 12.1 Å². The number of likely N-dealkylation sites (tertiary alicyclic amines) is 1. The second-order valence-corrected chi connectivity index (χ2v) is 6.25. The van der Waals surface area contributed by atoms with Crippen molar-refractivity contribution >= 4 is 17.2 Å². The molecule has 100 valence electrons. The Kier molecular flexibility index (Phi) is 5.20. The number of thiophene rings is 1. The summed E-state index contributed by atoms with van der Waals surface area (Å²) in [5.74, 6) is 0.310. The second kappa shape index (κ2) is 6.90. The quantitative estimate of drug-likeness (QED) is 0.831. The molecule has 1 aromatic heterocycles. The highest BCUT2D eigenvalue weighted by Crippen LogP contribution is 2.14. The number of nitrogens with one attached hydrogen (secondary N) is 1. The number of aryl methyl sites for hydroxylation is 1. The normalized spacial score (nSPS) is 15.9. The molecule has 0 bridgehead atoms. The molecule has 3 nitrogen and oxygen atoms in total. The predicted octanol–water partition coefficient (Wildman–Crippen LogP) is 2.55. The van der Waals surface area contributed by atoms with E-state index < -0.39 is 0 Å². The first-order valence-corrected chi connectivity index (χ1v) is 7.61. The second-order valence-electron chi connectivity index (χ2n) is 4.88. The maximum atomic E-state index is 11.9. The van der Waals surface area contributed by atoms with Crippen molar-refractivity contribution in [1.82, 2.24) is 10.2 Å². The van der Waals surface area contributed by atoms with Crippen molar-refractivity contribution in [2.45, 2.75) is 39.2 Å². The van der Waals surface area contributed by atoms with Crippen LogP contribution in [0.25, 0.3) is 0 Å². The first-order chi connectivity index (χ1) is 8.75. The largest absolute Gasteiger partial charge is 0.343 e. The molecule has 0 unspecified atom stereocenters. The lowest BCUT2D eigenvalue weighted by Crippen LogP contribution is -2.37. The van der Waals surface area contributed by atoms with Crippen molar-refractivity contribution in [2.24, 2.45) is 0 Å². The van der Waals surface area contributed by atoms with Gasteiger partial charge >= 0.3 is 0 Å². The van der Waals surface area contributed by atoms with Crippen molar-refractivity contribution in [3.05, 3.63) is 21.9 Å². The van der Waals surface area contributed by atoms with Gasteiger partial charge in [-0.15, -0.1) is 11.3 Å². The van der Waals surface area contributed by atoms with Gasteiger partial charge in [0, 0.05) is 42.4 Å². The number of carbonyl (C=O) groups is 1. The van der Waals surface area contributed by atoms with Crippen LogP contribution in [0.2, 0.25) is 0 Å². The summed E-state index contributed by atoms with van der Waals surface area (Å²) in [7, 11) is 0. The highest BCUT2D eigenvalue weighted by atomic mass is 32.1. The fourth-order valence-electron chi connectivity index (χ4n) is 2.29. The summed E-state index contributed by atoms with van der Waals surface area (Å²) in [6, 6.07) is 4.29. The molecule has 1 saturated heterocycles. The van der Waals surface area contributed by atoms with E-state index in [9.17, 15) is 4.79 Å². The van der Waals surface area contributed by atoms with Crippen LogP contribution >= 0.6 is 11.3 Å². The Morgan fingerprint density at radius 3 is 2.78 bits per heavy atom. The molecular weight excluding hydrogens is 244 g/mol. The van der Waals surface area contributed by atoms with E-state index in [1.165, 1.54) is 29.0 Å². The van der Waals surface area contributed by atoms with E-state index in [1.54, 1.807) is 0 Å². The molecule has 1 fully saturated rings. The molecule has 1 N–H and O–H groups in total. The summed E-state index contributed by atoms with van der Waals surface area (Å²) in [6.45, 7) is 5.71. The average Bonchev–Trinajstić information content (AvgIpc) is 2.81. The maximum Gasteiger partial charge on any atom is 0.223 e. The summed E-state index contributed by atoms with van der Waals surface area (Å²) >= 11 is 1.82. The van der Waals surface area contributed by atoms with Gasteiger partial charge in [0.25, 0.3) is 0 Å². The van der Waals surface area contributed by atoms with Gasteiger partial charge in [-0.1, -0.05) is 0 Å². The molecule has 18 heavy (non-hydrogen) atoms. The topological polar surface area (TPSA) is 32.3 Å². The molecule has 0 radical (unpaired) electrons. The van der Waals surface area contributed by atoms with Crippen LogP contribution in [0, 0.1) is 6.92 Å². The smallest absolute Gasteiger partial charge is 0.223 e. The van der Waals surface area contributed by atoms with Crippen molar-refractivity contribution in [1.29, 1.82) is 0 Å². The molecule has 0 spiro atoms. The Hall–Kier alpha value is -0.870. The van der Waals surface area contributed by atoms with Gasteiger partial charge in [0.2, 0.25) is 5.91 Å². The van der Waals surface area contributed by atoms with E-state index in [0.29, 0.717) is 12.3 Å². The Balaban J connectivity index is 1.61. The lowest BCUT2D eigenvalue weighted by Gasteiger charge is -2.26. The molecule has 0 saturated carbocycles. The number of carbonyl (C=O) groups excluding carboxylic acids is 1. The third-order valence-electron chi connectivity index (χ3n) is 3.32. The summed E-state index contributed by atoms with van der Waals surface area (Å²) in [4.78, 5) is 16.6. The fourth-order valence-corrected chi connectivity index (χ4v) is 3.15. The highest BCUT2D eigenvalue weighted by Gasteiger charge is 2.15. The summed E-state index contributed by atoms with van der Waals surface area (Å²) in [5, 5.41) is 3.35. The number of hydrogen-bond acceptors (Lipinski definition) is 3. The highest BCUT2D eigenvalue weighted by molar-refractivity contribution is 7.11. The molecule has 1 aromatic rings. The summed E-state index contributed by atoms with van der Waals surface area (Å²) in [5.41, 5.74) is 0. The predicted molar refractivity (Wildman–Crippen MR) is 75.8 cm³/mol. The van der Waals surface area contributed by atoms with E-state index in [1.807, 2.05) is 16.2 Å². The van der Waals surface area contributed by atoms with Crippen LogP contribution in [0.3, 0.4) is 0 Å².